The molecule has 1 aromatic rings. The van der Waals surface area contributed by atoms with Crippen molar-refractivity contribution in [2.24, 2.45) is 10.9 Å². The first-order valence-corrected chi connectivity index (χ1v) is 9.87. The lowest BCUT2D eigenvalue weighted by atomic mass is 9.84. The molecule has 0 bridgehead atoms. The van der Waals surface area contributed by atoms with Crippen LogP contribution >= 0.6 is 24.0 Å². The van der Waals surface area contributed by atoms with Crippen molar-refractivity contribution in [2.45, 2.75) is 38.5 Å². The predicted molar refractivity (Wildman–Crippen MR) is 123 cm³/mol. The molecule has 1 aliphatic rings. The van der Waals surface area contributed by atoms with Crippen LogP contribution in [0.5, 0.6) is 0 Å². The Morgan fingerprint density at radius 2 is 2.04 bits per heavy atom. The van der Waals surface area contributed by atoms with Gasteiger partial charge in [0.2, 0.25) is 0 Å². The number of benzene rings is 1. The van der Waals surface area contributed by atoms with E-state index in [2.05, 4.69) is 29.5 Å². The van der Waals surface area contributed by atoms with Gasteiger partial charge in [-0.05, 0) is 42.9 Å². The molecule has 0 amide bonds. The highest BCUT2D eigenvalue weighted by Gasteiger charge is 2.21. The van der Waals surface area contributed by atoms with Crippen LogP contribution in [0.3, 0.4) is 0 Å². The predicted octanol–water partition coefficient (Wildman–Crippen LogP) is 3.72. The fourth-order valence-corrected chi connectivity index (χ4v) is 3.08. The highest BCUT2D eigenvalue weighted by atomic mass is 127. The summed E-state index contributed by atoms with van der Waals surface area (Å²) in [6.45, 7) is 8.95. The molecule has 1 fully saturated rings. The molecular formula is C21H35FIN3O2. The summed E-state index contributed by atoms with van der Waals surface area (Å²) < 4.78 is 24.6. The molecule has 0 aromatic heterocycles. The number of nitrogens with zero attached hydrogens (tertiary/aromatic N) is 1. The first kappa shape index (κ1) is 25.1. The number of guanidine groups is 1. The maximum absolute atomic E-state index is 13.5. The van der Waals surface area contributed by atoms with E-state index in [1.54, 1.807) is 19.2 Å². The zero-order chi connectivity index (χ0) is 19.5. The second-order valence-corrected chi connectivity index (χ2v) is 7.73. The number of ether oxygens (including phenoxy) is 2. The summed E-state index contributed by atoms with van der Waals surface area (Å²) in [4.78, 5) is 4.26. The van der Waals surface area contributed by atoms with Crippen molar-refractivity contribution in [3.63, 3.8) is 0 Å². The van der Waals surface area contributed by atoms with E-state index in [1.165, 1.54) is 6.07 Å². The quantitative estimate of drug-likeness (QED) is 0.232. The van der Waals surface area contributed by atoms with Gasteiger partial charge in [0.15, 0.2) is 5.96 Å². The standard InChI is InChI=1S/C21H34FN3O2.HI/c1-21(2,18-6-4-7-19(22)14-18)16-25-20(23-3)24-10-5-11-27-15-17-8-12-26-13-9-17;/h4,6-7,14,17H,5,8-13,15-16H2,1-3H3,(H2,23,24,25);1H. The molecule has 0 spiro atoms. The van der Waals surface area contributed by atoms with E-state index in [1.807, 2.05) is 6.07 Å². The van der Waals surface area contributed by atoms with Crippen LogP contribution in [-0.2, 0) is 14.9 Å². The van der Waals surface area contributed by atoms with Gasteiger partial charge in [0.25, 0.3) is 0 Å². The number of hydrogen-bond acceptors (Lipinski definition) is 3. The molecule has 1 saturated heterocycles. The largest absolute Gasteiger partial charge is 0.381 e. The lowest BCUT2D eigenvalue weighted by Crippen LogP contribution is -2.43. The average Bonchev–Trinajstić information content (AvgIpc) is 2.67. The van der Waals surface area contributed by atoms with Crippen LogP contribution in [0.4, 0.5) is 4.39 Å². The third-order valence-electron chi connectivity index (χ3n) is 4.98. The third kappa shape index (κ3) is 9.05. The van der Waals surface area contributed by atoms with Crippen molar-refractivity contribution in [2.75, 3.05) is 46.6 Å². The number of nitrogens with one attached hydrogen (secondary N) is 2. The highest BCUT2D eigenvalue weighted by molar-refractivity contribution is 14.0. The maximum Gasteiger partial charge on any atom is 0.191 e. The van der Waals surface area contributed by atoms with Gasteiger partial charge in [-0.25, -0.2) is 4.39 Å². The maximum atomic E-state index is 13.5. The van der Waals surface area contributed by atoms with Crippen molar-refractivity contribution in [3.8, 4) is 0 Å². The summed E-state index contributed by atoms with van der Waals surface area (Å²) in [6.07, 6.45) is 3.14. The minimum atomic E-state index is -0.205. The van der Waals surface area contributed by atoms with Gasteiger partial charge in [-0.1, -0.05) is 26.0 Å². The van der Waals surface area contributed by atoms with Crippen LogP contribution in [-0.4, -0.2) is 52.5 Å². The number of rotatable bonds is 9. The van der Waals surface area contributed by atoms with Gasteiger partial charge in [0.05, 0.1) is 0 Å². The smallest absolute Gasteiger partial charge is 0.191 e. The van der Waals surface area contributed by atoms with Gasteiger partial charge >= 0.3 is 0 Å². The molecule has 0 unspecified atom stereocenters. The third-order valence-corrected chi connectivity index (χ3v) is 4.98. The Morgan fingerprint density at radius 3 is 2.71 bits per heavy atom. The summed E-state index contributed by atoms with van der Waals surface area (Å²) in [6, 6.07) is 6.77. The van der Waals surface area contributed by atoms with Gasteiger partial charge in [0, 0.05) is 52.0 Å². The minimum absolute atomic E-state index is 0. The monoisotopic (exact) mass is 507 g/mol. The topological polar surface area (TPSA) is 54.9 Å². The number of aliphatic imine (C=N–C) groups is 1. The van der Waals surface area contributed by atoms with E-state index in [0.717, 1.165) is 63.8 Å². The van der Waals surface area contributed by atoms with Crippen molar-refractivity contribution in [3.05, 3.63) is 35.6 Å². The Bertz CT molecular complexity index is 593. The summed E-state index contributed by atoms with van der Waals surface area (Å²) >= 11 is 0. The first-order chi connectivity index (χ1) is 13.0. The lowest BCUT2D eigenvalue weighted by molar-refractivity contribution is 0.0203. The zero-order valence-electron chi connectivity index (χ0n) is 17.3. The Kier molecular flexibility index (Phi) is 11.9. The molecule has 160 valence electrons. The van der Waals surface area contributed by atoms with E-state index in [9.17, 15) is 4.39 Å². The van der Waals surface area contributed by atoms with Crippen molar-refractivity contribution in [1.82, 2.24) is 10.6 Å². The lowest BCUT2D eigenvalue weighted by Gasteiger charge is -2.27. The molecule has 2 rings (SSSR count). The molecule has 1 aliphatic heterocycles. The van der Waals surface area contributed by atoms with Crippen LogP contribution in [0, 0.1) is 11.7 Å². The highest BCUT2D eigenvalue weighted by Crippen LogP contribution is 2.22. The number of halogens is 2. The van der Waals surface area contributed by atoms with Crippen molar-refractivity contribution in [1.29, 1.82) is 0 Å². The van der Waals surface area contributed by atoms with Crippen LogP contribution < -0.4 is 10.6 Å². The van der Waals surface area contributed by atoms with Gasteiger partial charge in [0.1, 0.15) is 5.82 Å². The summed E-state index contributed by atoms with van der Waals surface area (Å²) in [5.74, 6) is 1.19. The second-order valence-electron chi connectivity index (χ2n) is 7.73. The summed E-state index contributed by atoms with van der Waals surface area (Å²) in [5.41, 5.74) is 0.763. The summed E-state index contributed by atoms with van der Waals surface area (Å²) in [5, 5.41) is 6.64. The van der Waals surface area contributed by atoms with Gasteiger partial charge in [-0.2, -0.15) is 0 Å². The molecule has 2 N–H and O–H groups in total. The Balaban J connectivity index is 0.00000392. The number of hydrogen-bond donors (Lipinski definition) is 2. The zero-order valence-corrected chi connectivity index (χ0v) is 19.6. The minimum Gasteiger partial charge on any atom is -0.381 e. The van der Waals surface area contributed by atoms with Crippen molar-refractivity contribution < 1.29 is 13.9 Å². The molecule has 7 heteroatoms. The summed E-state index contributed by atoms with van der Waals surface area (Å²) in [7, 11) is 1.76. The van der Waals surface area contributed by atoms with Gasteiger partial charge < -0.3 is 20.1 Å². The molecular weight excluding hydrogens is 472 g/mol. The molecule has 1 heterocycles. The fourth-order valence-electron chi connectivity index (χ4n) is 3.08. The molecule has 0 atom stereocenters. The van der Waals surface area contributed by atoms with Crippen LogP contribution in [0.25, 0.3) is 0 Å². The van der Waals surface area contributed by atoms with Crippen LogP contribution in [0.15, 0.2) is 29.3 Å². The SMILES string of the molecule is CN=C(NCCCOCC1CCOCC1)NCC(C)(C)c1cccc(F)c1.I. The Morgan fingerprint density at radius 1 is 1.29 bits per heavy atom. The molecule has 0 saturated carbocycles. The van der Waals surface area contributed by atoms with Crippen molar-refractivity contribution >= 4 is 29.9 Å². The average molecular weight is 507 g/mol. The molecule has 1 aromatic carbocycles. The Hall–Kier alpha value is -0.930. The van der Waals surface area contributed by atoms with Gasteiger partial charge in [-0.15, -0.1) is 24.0 Å². The molecule has 0 aliphatic carbocycles. The molecule has 28 heavy (non-hydrogen) atoms. The Labute approximate surface area is 185 Å². The van der Waals surface area contributed by atoms with E-state index in [-0.39, 0.29) is 35.2 Å². The molecule has 0 radical (unpaired) electrons. The van der Waals surface area contributed by atoms with E-state index >= 15 is 0 Å². The van der Waals surface area contributed by atoms with Crippen LogP contribution in [0.2, 0.25) is 0 Å². The van der Waals surface area contributed by atoms with E-state index < -0.39 is 0 Å². The fraction of sp³-hybridized carbons (Fsp3) is 0.667. The van der Waals surface area contributed by atoms with Gasteiger partial charge in [-0.3, -0.25) is 4.99 Å². The van der Waals surface area contributed by atoms with E-state index in [4.69, 9.17) is 9.47 Å². The second kappa shape index (κ2) is 13.3. The molecule has 5 nitrogen and oxygen atoms in total. The van der Waals surface area contributed by atoms with Crippen LogP contribution in [0.1, 0.15) is 38.7 Å². The first-order valence-electron chi connectivity index (χ1n) is 9.87. The van der Waals surface area contributed by atoms with E-state index in [0.29, 0.717) is 12.5 Å². The normalized spacial score (nSPS) is 15.8.